The van der Waals surface area contributed by atoms with Crippen molar-refractivity contribution in [2.45, 2.75) is 26.8 Å². The zero-order valence-corrected chi connectivity index (χ0v) is 18.3. The number of rotatable bonds is 7. The van der Waals surface area contributed by atoms with Crippen LogP contribution in [-0.4, -0.2) is 33.5 Å². The molecule has 0 aliphatic heterocycles. The van der Waals surface area contributed by atoms with E-state index >= 15 is 0 Å². The summed E-state index contributed by atoms with van der Waals surface area (Å²) in [6.07, 6.45) is 1.47. The second kappa shape index (κ2) is 9.09. The zero-order valence-electron chi connectivity index (χ0n) is 18.3. The van der Waals surface area contributed by atoms with Crippen molar-refractivity contribution >= 4 is 16.8 Å². The van der Waals surface area contributed by atoms with Crippen LogP contribution in [0.15, 0.2) is 76.1 Å². The van der Waals surface area contributed by atoms with E-state index in [1.54, 1.807) is 33.7 Å². The Labute approximate surface area is 185 Å². The Bertz CT molecular complexity index is 1290. The number of carbonyl (C=O) groups is 1. The van der Waals surface area contributed by atoms with E-state index in [0.29, 0.717) is 41.3 Å². The molecule has 7 heteroatoms. The van der Waals surface area contributed by atoms with Gasteiger partial charge in [0.15, 0.2) is 5.76 Å². The van der Waals surface area contributed by atoms with Gasteiger partial charge in [-0.1, -0.05) is 24.3 Å². The Balaban J connectivity index is 1.95. The highest BCUT2D eigenvalue weighted by Gasteiger charge is 2.28. The highest BCUT2D eigenvalue weighted by Crippen LogP contribution is 2.28. The average Bonchev–Trinajstić information content (AvgIpc) is 3.35. The number of benzene rings is 2. The van der Waals surface area contributed by atoms with E-state index < -0.39 is 6.04 Å². The topological polar surface area (TPSA) is 77.6 Å². The largest absolute Gasteiger partial charge is 0.492 e. The van der Waals surface area contributed by atoms with Crippen LogP contribution >= 0.6 is 0 Å². The number of carbonyl (C=O) groups excluding carboxylic acids is 1. The van der Waals surface area contributed by atoms with Crippen molar-refractivity contribution in [2.24, 2.45) is 0 Å². The molecule has 1 atom stereocenters. The third-order valence-corrected chi connectivity index (χ3v) is 5.38. The second-order valence-corrected chi connectivity index (χ2v) is 7.27. The van der Waals surface area contributed by atoms with Crippen LogP contribution in [0.2, 0.25) is 0 Å². The van der Waals surface area contributed by atoms with E-state index in [2.05, 4.69) is 0 Å². The monoisotopic (exact) mass is 431 g/mol. The Morgan fingerprint density at radius 3 is 2.56 bits per heavy atom. The molecule has 2 aromatic carbocycles. The Kier molecular flexibility index (Phi) is 6.07. The summed E-state index contributed by atoms with van der Waals surface area (Å²) in [5, 5.41) is 0.496. The van der Waals surface area contributed by atoms with Gasteiger partial charge in [-0.2, -0.15) is 0 Å². The first-order valence-corrected chi connectivity index (χ1v) is 10.6. The number of furan rings is 1. The quantitative estimate of drug-likeness (QED) is 0.427. The summed E-state index contributed by atoms with van der Waals surface area (Å²) in [6, 6.07) is 17.3. The third-order valence-electron chi connectivity index (χ3n) is 5.38. The number of nitrogens with zero attached hydrogens (tertiary/aromatic N) is 3. The molecule has 0 N–H and O–H groups in total. The maximum Gasteiger partial charge on any atom is 0.290 e. The van der Waals surface area contributed by atoms with Crippen LogP contribution in [0.1, 0.15) is 43.2 Å². The molecule has 4 aromatic rings. The molecule has 2 aromatic heterocycles. The molecule has 0 saturated carbocycles. The van der Waals surface area contributed by atoms with Crippen molar-refractivity contribution in [1.29, 1.82) is 0 Å². The lowest BCUT2D eigenvalue weighted by Gasteiger charge is -2.29. The predicted octanol–water partition coefficient (Wildman–Crippen LogP) is 4.60. The van der Waals surface area contributed by atoms with E-state index in [1.165, 1.54) is 6.26 Å². The summed E-state index contributed by atoms with van der Waals surface area (Å²) in [4.78, 5) is 33.2. The van der Waals surface area contributed by atoms with Gasteiger partial charge >= 0.3 is 0 Å². The first-order valence-electron chi connectivity index (χ1n) is 10.6. The summed E-state index contributed by atoms with van der Waals surface area (Å²) in [5.41, 5.74) is 0.943. The number of amides is 1. The first kappa shape index (κ1) is 21.4. The molecule has 1 amide bonds. The molecule has 164 valence electrons. The van der Waals surface area contributed by atoms with Gasteiger partial charge in [-0.25, -0.2) is 4.98 Å². The SMILES string of the molecule is CCOc1ccccc1-n1c(C(C)N(CC)C(=O)c2ccco2)nc2ccccc2c1=O. The predicted molar refractivity (Wildman–Crippen MR) is 122 cm³/mol. The van der Waals surface area contributed by atoms with Gasteiger partial charge in [-0.15, -0.1) is 0 Å². The lowest BCUT2D eigenvalue weighted by Crippen LogP contribution is -2.37. The Hall–Kier alpha value is -3.87. The van der Waals surface area contributed by atoms with Crippen molar-refractivity contribution in [3.05, 3.63) is 88.9 Å². The molecular weight excluding hydrogens is 406 g/mol. The van der Waals surface area contributed by atoms with E-state index in [1.807, 2.05) is 57.2 Å². The summed E-state index contributed by atoms with van der Waals surface area (Å²) in [7, 11) is 0. The Morgan fingerprint density at radius 1 is 1.09 bits per heavy atom. The first-order chi connectivity index (χ1) is 15.6. The lowest BCUT2D eigenvalue weighted by atomic mass is 10.1. The Morgan fingerprint density at radius 2 is 1.84 bits per heavy atom. The van der Waals surface area contributed by atoms with Crippen molar-refractivity contribution in [2.75, 3.05) is 13.2 Å². The maximum absolute atomic E-state index is 13.7. The smallest absolute Gasteiger partial charge is 0.290 e. The highest BCUT2D eigenvalue weighted by molar-refractivity contribution is 5.91. The van der Waals surface area contributed by atoms with Crippen LogP contribution < -0.4 is 10.3 Å². The minimum atomic E-state index is -0.510. The van der Waals surface area contributed by atoms with E-state index in [9.17, 15) is 9.59 Å². The van der Waals surface area contributed by atoms with Gasteiger partial charge < -0.3 is 14.1 Å². The summed E-state index contributed by atoms with van der Waals surface area (Å²) >= 11 is 0. The van der Waals surface area contributed by atoms with Crippen LogP contribution in [0.5, 0.6) is 5.75 Å². The minimum Gasteiger partial charge on any atom is -0.492 e. The molecule has 7 nitrogen and oxygen atoms in total. The zero-order chi connectivity index (χ0) is 22.7. The van der Waals surface area contributed by atoms with Gasteiger partial charge in [0, 0.05) is 6.54 Å². The number of aromatic nitrogens is 2. The molecule has 32 heavy (non-hydrogen) atoms. The van der Waals surface area contributed by atoms with Crippen molar-refractivity contribution in [1.82, 2.24) is 14.5 Å². The summed E-state index contributed by atoms with van der Waals surface area (Å²) in [5.74, 6) is 0.991. The van der Waals surface area contributed by atoms with Crippen LogP contribution in [0, 0.1) is 0 Å². The molecule has 2 heterocycles. The maximum atomic E-state index is 13.7. The van der Waals surface area contributed by atoms with Crippen LogP contribution in [0.3, 0.4) is 0 Å². The molecule has 1 unspecified atom stereocenters. The van der Waals surface area contributed by atoms with Crippen molar-refractivity contribution in [3.8, 4) is 11.4 Å². The van der Waals surface area contributed by atoms with Gasteiger partial charge in [-0.05, 0) is 57.2 Å². The standard InChI is InChI=1S/C25H25N3O4/c1-4-27(25(30)22-15-10-16-32-22)17(3)23-26-19-12-7-6-11-18(19)24(29)28(23)20-13-8-9-14-21(20)31-5-2/h6-17H,4-5H2,1-3H3. The molecule has 0 spiro atoms. The molecule has 4 rings (SSSR count). The number of hydrogen-bond donors (Lipinski definition) is 0. The van der Waals surface area contributed by atoms with Crippen molar-refractivity contribution in [3.63, 3.8) is 0 Å². The van der Waals surface area contributed by atoms with Gasteiger partial charge in [0.25, 0.3) is 11.5 Å². The highest BCUT2D eigenvalue weighted by atomic mass is 16.5. The van der Waals surface area contributed by atoms with E-state index in [0.717, 1.165) is 0 Å². The average molecular weight is 431 g/mol. The van der Waals surface area contributed by atoms with Gasteiger partial charge in [0.2, 0.25) is 0 Å². The second-order valence-electron chi connectivity index (χ2n) is 7.27. The number of fused-ring (bicyclic) bond motifs is 1. The fraction of sp³-hybridized carbons (Fsp3) is 0.240. The molecule has 0 aliphatic carbocycles. The fourth-order valence-corrected chi connectivity index (χ4v) is 3.86. The minimum absolute atomic E-state index is 0.217. The number of para-hydroxylation sites is 3. The molecule has 0 bridgehead atoms. The molecule has 0 radical (unpaired) electrons. The van der Waals surface area contributed by atoms with Crippen LogP contribution in [-0.2, 0) is 0 Å². The third kappa shape index (κ3) is 3.77. The lowest BCUT2D eigenvalue weighted by molar-refractivity contribution is 0.0660. The van der Waals surface area contributed by atoms with E-state index in [4.69, 9.17) is 14.1 Å². The summed E-state index contributed by atoms with van der Waals surface area (Å²) < 4.78 is 12.7. The van der Waals surface area contributed by atoms with Gasteiger partial charge in [0.1, 0.15) is 11.6 Å². The van der Waals surface area contributed by atoms with Gasteiger partial charge in [-0.3, -0.25) is 14.2 Å². The van der Waals surface area contributed by atoms with Crippen LogP contribution in [0.25, 0.3) is 16.6 Å². The molecule has 0 aliphatic rings. The molecular formula is C25H25N3O4. The fourth-order valence-electron chi connectivity index (χ4n) is 3.86. The number of hydrogen-bond acceptors (Lipinski definition) is 5. The van der Waals surface area contributed by atoms with Crippen molar-refractivity contribution < 1.29 is 13.9 Å². The van der Waals surface area contributed by atoms with Crippen LogP contribution in [0.4, 0.5) is 0 Å². The van der Waals surface area contributed by atoms with Gasteiger partial charge in [0.05, 0.1) is 35.5 Å². The van der Waals surface area contributed by atoms with E-state index in [-0.39, 0.29) is 17.2 Å². The summed E-state index contributed by atoms with van der Waals surface area (Å²) in [6.45, 7) is 6.50. The molecule has 0 saturated heterocycles. The normalized spacial score (nSPS) is 12.0. The number of ether oxygens (including phenoxy) is 1. The molecule has 0 fully saturated rings.